The van der Waals surface area contributed by atoms with Crippen LogP contribution in [0.1, 0.15) is 39.9 Å². The van der Waals surface area contributed by atoms with E-state index in [0.717, 1.165) is 0 Å². The third-order valence-corrected chi connectivity index (χ3v) is 3.82. The Labute approximate surface area is 88.5 Å². The molecule has 0 amide bonds. The van der Waals surface area contributed by atoms with E-state index in [1.54, 1.807) is 5.56 Å². The molecule has 70 valence electrons. The van der Waals surface area contributed by atoms with Crippen molar-refractivity contribution in [1.29, 1.82) is 0 Å². The minimum Gasteiger partial charge on any atom is -0.0839 e. The molecule has 0 aromatic heterocycles. The zero-order valence-electron chi connectivity index (χ0n) is 8.23. The molecule has 1 atom stereocenters. The first-order valence-corrected chi connectivity index (χ1v) is 5.84. The predicted octanol–water partition coefficient (Wildman–Crippen LogP) is 4.08. The van der Waals surface area contributed by atoms with Crippen LogP contribution in [-0.4, -0.2) is 0 Å². The molecule has 1 heteroatoms. The quantitative estimate of drug-likeness (QED) is 0.598. The fourth-order valence-electron chi connectivity index (χ4n) is 2.26. The summed E-state index contributed by atoms with van der Waals surface area (Å²) in [6, 6.07) is 4.63. The third-order valence-electron chi connectivity index (χ3n) is 2.87. The van der Waals surface area contributed by atoms with Crippen molar-refractivity contribution in [3.63, 3.8) is 0 Å². The van der Waals surface area contributed by atoms with E-state index >= 15 is 0 Å². The lowest BCUT2D eigenvalue weighted by Gasteiger charge is -2.23. The zero-order chi connectivity index (χ0) is 9.42. The summed E-state index contributed by atoms with van der Waals surface area (Å²) in [5.41, 5.74) is 5.98. The fourth-order valence-corrected chi connectivity index (χ4v) is 3.00. The average Bonchev–Trinajstić information content (AvgIpc) is 2.07. The SMILES string of the molecule is Cc1cc(C)c2c(c1)C(Br)CCC2. The molecule has 0 nitrogen and oxygen atoms in total. The number of alkyl halides is 1. The van der Waals surface area contributed by atoms with Crippen LogP contribution < -0.4 is 0 Å². The lowest BCUT2D eigenvalue weighted by Crippen LogP contribution is -2.07. The van der Waals surface area contributed by atoms with E-state index in [2.05, 4.69) is 41.9 Å². The number of aryl methyl sites for hydroxylation is 2. The van der Waals surface area contributed by atoms with Gasteiger partial charge in [-0.1, -0.05) is 33.6 Å². The summed E-state index contributed by atoms with van der Waals surface area (Å²) >= 11 is 3.76. The Kier molecular flexibility index (Phi) is 2.46. The summed E-state index contributed by atoms with van der Waals surface area (Å²) in [7, 11) is 0. The molecule has 0 heterocycles. The highest BCUT2D eigenvalue weighted by atomic mass is 79.9. The van der Waals surface area contributed by atoms with Crippen molar-refractivity contribution in [2.75, 3.05) is 0 Å². The van der Waals surface area contributed by atoms with Crippen molar-refractivity contribution in [3.05, 3.63) is 34.4 Å². The van der Waals surface area contributed by atoms with Crippen LogP contribution in [0.2, 0.25) is 0 Å². The minimum absolute atomic E-state index is 0.592. The van der Waals surface area contributed by atoms with Gasteiger partial charge >= 0.3 is 0 Å². The Balaban J connectivity index is 2.56. The Morgan fingerprint density at radius 3 is 2.85 bits per heavy atom. The predicted molar refractivity (Wildman–Crippen MR) is 60.5 cm³/mol. The van der Waals surface area contributed by atoms with E-state index in [1.165, 1.54) is 36.0 Å². The summed E-state index contributed by atoms with van der Waals surface area (Å²) in [4.78, 5) is 0.592. The van der Waals surface area contributed by atoms with Crippen molar-refractivity contribution >= 4 is 15.9 Å². The van der Waals surface area contributed by atoms with Gasteiger partial charge in [0.15, 0.2) is 0 Å². The van der Waals surface area contributed by atoms with Crippen LogP contribution in [0.25, 0.3) is 0 Å². The molecule has 13 heavy (non-hydrogen) atoms. The van der Waals surface area contributed by atoms with Gasteiger partial charge in [-0.3, -0.25) is 0 Å². The lowest BCUT2D eigenvalue weighted by molar-refractivity contribution is 0.676. The molecule has 1 unspecified atom stereocenters. The van der Waals surface area contributed by atoms with Gasteiger partial charge in [0.25, 0.3) is 0 Å². The number of fused-ring (bicyclic) bond motifs is 1. The number of hydrogen-bond acceptors (Lipinski definition) is 0. The van der Waals surface area contributed by atoms with Crippen molar-refractivity contribution in [3.8, 4) is 0 Å². The van der Waals surface area contributed by atoms with E-state index in [-0.39, 0.29) is 0 Å². The van der Waals surface area contributed by atoms with Crippen LogP contribution in [0, 0.1) is 13.8 Å². The molecule has 1 aliphatic rings. The number of rotatable bonds is 0. The summed E-state index contributed by atoms with van der Waals surface area (Å²) in [6.45, 7) is 4.42. The van der Waals surface area contributed by atoms with Gasteiger partial charge in [0.05, 0.1) is 0 Å². The van der Waals surface area contributed by atoms with E-state index in [4.69, 9.17) is 0 Å². The van der Waals surface area contributed by atoms with E-state index in [9.17, 15) is 0 Å². The Morgan fingerprint density at radius 2 is 2.08 bits per heavy atom. The topological polar surface area (TPSA) is 0 Å². The van der Waals surface area contributed by atoms with Gasteiger partial charge in [0.2, 0.25) is 0 Å². The van der Waals surface area contributed by atoms with Crippen molar-refractivity contribution in [1.82, 2.24) is 0 Å². The Morgan fingerprint density at radius 1 is 1.31 bits per heavy atom. The van der Waals surface area contributed by atoms with Crippen molar-refractivity contribution in [2.45, 2.75) is 37.9 Å². The molecule has 1 aromatic carbocycles. The van der Waals surface area contributed by atoms with Crippen LogP contribution in [0.3, 0.4) is 0 Å². The molecule has 0 fully saturated rings. The summed E-state index contributed by atoms with van der Waals surface area (Å²) in [5, 5.41) is 0. The second-order valence-electron chi connectivity index (χ2n) is 4.01. The van der Waals surface area contributed by atoms with Gasteiger partial charge in [0.1, 0.15) is 0 Å². The Hall–Kier alpha value is -0.300. The average molecular weight is 239 g/mol. The minimum atomic E-state index is 0.592. The van der Waals surface area contributed by atoms with Gasteiger partial charge in [-0.2, -0.15) is 0 Å². The molecule has 0 radical (unpaired) electrons. The second-order valence-corrected chi connectivity index (χ2v) is 5.11. The second kappa shape index (κ2) is 3.45. The monoisotopic (exact) mass is 238 g/mol. The van der Waals surface area contributed by atoms with Crippen molar-refractivity contribution in [2.24, 2.45) is 0 Å². The molecule has 0 N–H and O–H groups in total. The summed E-state index contributed by atoms with van der Waals surface area (Å²) in [5.74, 6) is 0. The van der Waals surface area contributed by atoms with Gasteiger partial charge in [0, 0.05) is 4.83 Å². The lowest BCUT2D eigenvalue weighted by atomic mass is 9.87. The number of benzene rings is 1. The first kappa shape index (κ1) is 9.26. The van der Waals surface area contributed by atoms with Gasteiger partial charge in [-0.05, 0) is 49.8 Å². The highest BCUT2D eigenvalue weighted by molar-refractivity contribution is 9.09. The molecule has 2 rings (SSSR count). The van der Waals surface area contributed by atoms with E-state index < -0.39 is 0 Å². The molecule has 1 aliphatic carbocycles. The molecule has 0 saturated carbocycles. The largest absolute Gasteiger partial charge is 0.0839 e. The van der Waals surface area contributed by atoms with E-state index in [0.29, 0.717) is 4.83 Å². The molecular weight excluding hydrogens is 224 g/mol. The maximum absolute atomic E-state index is 3.76. The standard InChI is InChI=1S/C12H15Br/c1-8-6-9(2)10-4-3-5-12(13)11(10)7-8/h6-7,12H,3-5H2,1-2H3. The van der Waals surface area contributed by atoms with Crippen molar-refractivity contribution < 1.29 is 0 Å². The van der Waals surface area contributed by atoms with Gasteiger partial charge < -0.3 is 0 Å². The molecule has 0 spiro atoms. The van der Waals surface area contributed by atoms with Crippen LogP contribution in [-0.2, 0) is 6.42 Å². The maximum atomic E-state index is 3.76. The van der Waals surface area contributed by atoms with Crippen LogP contribution in [0.4, 0.5) is 0 Å². The molecule has 0 saturated heterocycles. The third kappa shape index (κ3) is 1.67. The van der Waals surface area contributed by atoms with Gasteiger partial charge in [-0.15, -0.1) is 0 Å². The fraction of sp³-hybridized carbons (Fsp3) is 0.500. The number of hydrogen-bond donors (Lipinski definition) is 0. The molecule has 0 bridgehead atoms. The maximum Gasteiger partial charge on any atom is 0.0398 e. The van der Waals surface area contributed by atoms with Gasteiger partial charge in [-0.25, -0.2) is 0 Å². The molecule has 0 aliphatic heterocycles. The Bertz CT molecular complexity index is 328. The first-order valence-electron chi connectivity index (χ1n) is 4.92. The summed E-state index contributed by atoms with van der Waals surface area (Å²) in [6.07, 6.45) is 3.88. The zero-order valence-corrected chi connectivity index (χ0v) is 9.82. The smallest absolute Gasteiger partial charge is 0.0398 e. The highest BCUT2D eigenvalue weighted by Gasteiger charge is 2.18. The molecular formula is C12H15Br. The molecule has 1 aromatic rings. The first-order chi connectivity index (χ1) is 6.18. The normalized spacial score (nSPS) is 21.3. The van der Waals surface area contributed by atoms with Crippen LogP contribution in [0.5, 0.6) is 0 Å². The number of halogens is 1. The highest BCUT2D eigenvalue weighted by Crippen LogP contribution is 2.37. The summed E-state index contributed by atoms with van der Waals surface area (Å²) < 4.78 is 0. The van der Waals surface area contributed by atoms with E-state index in [1.807, 2.05) is 0 Å². The van der Waals surface area contributed by atoms with Crippen LogP contribution >= 0.6 is 15.9 Å². The van der Waals surface area contributed by atoms with Crippen LogP contribution in [0.15, 0.2) is 12.1 Å².